The van der Waals surface area contributed by atoms with Gasteiger partial charge in [0.2, 0.25) is 0 Å². The first-order valence-corrected chi connectivity index (χ1v) is 9.19. The van der Waals surface area contributed by atoms with Crippen molar-refractivity contribution in [1.82, 2.24) is 10.3 Å². The fourth-order valence-corrected chi connectivity index (χ4v) is 3.71. The fraction of sp³-hybridized carbons (Fsp3) is 0.500. The zero-order valence-corrected chi connectivity index (χ0v) is 14.8. The number of hydrogen-bond acceptors (Lipinski definition) is 5. The second-order valence-corrected chi connectivity index (χ2v) is 6.67. The van der Waals surface area contributed by atoms with E-state index in [0.717, 1.165) is 36.6 Å². The zero-order valence-electron chi connectivity index (χ0n) is 14.0. The van der Waals surface area contributed by atoms with E-state index in [1.165, 1.54) is 10.6 Å². The minimum absolute atomic E-state index is 0.221. The molecule has 1 aliphatic heterocycles. The number of aromatic nitrogens is 1. The molecule has 0 saturated carbocycles. The van der Waals surface area contributed by atoms with Crippen molar-refractivity contribution in [2.45, 2.75) is 45.7 Å². The van der Waals surface area contributed by atoms with Crippen LogP contribution in [0.15, 0.2) is 23.6 Å². The highest BCUT2D eigenvalue weighted by atomic mass is 32.1. The summed E-state index contributed by atoms with van der Waals surface area (Å²) in [4.78, 5) is 4.70. The van der Waals surface area contributed by atoms with E-state index in [4.69, 9.17) is 14.5 Å². The quantitative estimate of drug-likeness (QED) is 0.857. The predicted molar refractivity (Wildman–Crippen MR) is 93.5 cm³/mol. The number of thiazole rings is 1. The molecule has 1 aromatic carbocycles. The minimum atomic E-state index is 0.221. The average molecular weight is 332 g/mol. The van der Waals surface area contributed by atoms with E-state index in [-0.39, 0.29) is 12.1 Å². The van der Waals surface area contributed by atoms with Crippen molar-refractivity contribution >= 4 is 11.3 Å². The number of nitrogens with zero attached hydrogens (tertiary/aromatic N) is 1. The fourth-order valence-electron chi connectivity index (χ4n) is 2.88. The number of aryl methyl sites for hydroxylation is 1. The van der Waals surface area contributed by atoms with E-state index in [1.54, 1.807) is 11.3 Å². The van der Waals surface area contributed by atoms with Crippen molar-refractivity contribution < 1.29 is 9.47 Å². The summed E-state index contributed by atoms with van der Waals surface area (Å²) in [5, 5.41) is 7.06. The Balaban J connectivity index is 1.77. The summed E-state index contributed by atoms with van der Waals surface area (Å²) in [5.41, 5.74) is 2.31. The summed E-state index contributed by atoms with van der Waals surface area (Å²) in [7, 11) is 0. The van der Waals surface area contributed by atoms with Crippen molar-refractivity contribution in [3.63, 3.8) is 0 Å². The van der Waals surface area contributed by atoms with E-state index in [2.05, 4.69) is 30.6 Å². The van der Waals surface area contributed by atoms with Gasteiger partial charge in [0.05, 0.1) is 23.9 Å². The van der Waals surface area contributed by atoms with Crippen molar-refractivity contribution in [3.05, 3.63) is 39.8 Å². The Kier molecular flexibility index (Phi) is 5.18. The van der Waals surface area contributed by atoms with E-state index in [0.29, 0.717) is 6.61 Å². The first-order chi connectivity index (χ1) is 11.2. The molecular weight excluding hydrogens is 308 g/mol. The number of ether oxygens (including phenoxy) is 2. The van der Waals surface area contributed by atoms with Crippen molar-refractivity contribution in [1.29, 1.82) is 0 Å². The standard InChI is InChI=1S/C18H24N2O2S/c1-4-18-20-16(11-23-18)12(3)19-15-8-9-22-17-7-6-13(21-5-2)10-14(15)17/h6-7,10-12,15,19H,4-5,8-9H2,1-3H3/t12-,15+/m1/s1. The second-order valence-electron chi connectivity index (χ2n) is 5.73. The average Bonchev–Trinajstić information content (AvgIpc) is 3.05. The van der Waals surface area contributed by atoms with Gasteiger partial charge in [-0.2, -0.15) is 0 Å². The summed E-state index contributed by atoms with van der Waals surface area (Å²) in [5.74, 6) is 1.86. The maximum Gasteiger partial charge on any atom is 0.124 e. The molecule has 0 aliphatic carbocycles. The van der Waals surface area contributed by atoms with Crippen LogP contribution in [0.3, 0.4) is 0 Å². The lowest BCUT2D eigenvalue weighted by Gasteiger charge is -2.29. The van der Waals surface area contributed by atoms with E-state index < -0.39 is 0 Å². The van der Waals surface area contributed by atoms with Crippen LogP contribution in [0, 0.1) is 0 Å². The van der Waals surface area contributed by atoms with Crippen LogP contribution in [-0.2, 0) is 6.42 Å². The van der Waals surface area contributed by atoms with E-state index in [9.17, 15) is 0 Å². The lowest BCUT2D eigenvalue weighted by atomic mass is 9.99. The van der Waals surface area contributed by atoms with Crippen LogP contribution < -0.4 is 14.8 Å². The van der Waals surface area contributed by atoms with Gasteiger partial charge in [0.15, 0.2) is 0 Å². The first-order valence-electron chi connectivity index (χ1n) is 8.31. The van der Waals surface area contributed by atoms with Crippen LogP contribution in [0.25, 0.3) is 0 Å². The molecule has 0 unspecified atom stereocenters. The third-order valence-electron chi connectivity index (χ3n) is 4.10. The van der Waals surface area contributed by atoms with Gasteiger partial charge in [-0.3, -0.25) is 0 Å². The Morgan fingerprint density at radius 3 is 3.04 bits per heavy atom. The summed E-state index contributed by atoms with van der Waals surface area (Å²) < 4.78 is 11.4. The molecule has 1 N–H and O–H groups in total. The molecule has 23 heavy (non-hydrogen) atoms. The topological polar surface area (TPSA) is 43.4 Å². The number of nitrogens with one attached hydrogen (secondary N) is 1. The maximum atomic E-state index is 5.79. The third kappa shape index (κ3) is 3.67. The van der Waals surface area contributed by atoms with Crippen LogP contribution in [0.5, 0.6) is 11.5 Å². The first kappa shape index (κ1) is 16.3. The molecule has 124 valence electrons. The van der Waals surface area contributed by atoms with Gasteiger partial charge >= 0.3 is 0 Å². The highest BCUT2D eigenvalue weighted by Gasteiger charge is 2.24. The molecule has 4 nitrogen and oxygen atoms in total. The largest absolute Gasteiger partial charge is 0.494 e. The summed E-state index contributed by atoms with van der Waals surface area (Å²) in [6, 6.07) is 6.57. The Bertz CT molecular complexity index is 656. The molecule has 3 rings (SSSR count). The highest BCUT2D eigenvalue weighted by Crippen LogP contribution is 2.36. The molecule has 2 atom stereocenters. The predicted octanol–water partition coefficient (Wildman–Crippen LogP) is 4.28. The van der Waals surface area contributed by atoms with Crippen LogP contribution in [0.2, 0.25) is 0 Å². The molecule has 0 fully saturated rings. The Hall–Kier alpha value is -1.59. The van der Waals surface area contributed by atoms with E-state index >= 15 is 0 Å². The summed E-state index contributed by atoms with van der Waals surface area (Å²) in [6.45, 7) is 7.73. The third-order valence-corrected chi connectivity index (χ3v) is 5.11. The van der Waals surface area contributed by atoms with Crippen molar-refractivity contribution in [3.8, 4) is 11.5 Å². The number of fused-ring (bicyclic) bond motifs is 1. The molecule has 0 saturated heterocycles. The van der Waals surface area contributed by atoms with Crippen LogP contribution in [-0.4, -0.2) is 18.2 Å². The van der Waals surface area contributed by atoms with Gasteiger partial charge in [0.1, 0.15) is 11.5 Å². The lowest BCUT2D eigenvalue weighted by molar-refractivity contribution is 0.244. The molecule has 1 aliphatic rings. The summed E-state index contributed by atoms with van der Waals surface area (Å²) >= 11 is 1.74. The normalized spacial score (nSPS) is 18.1. The van der Waals surface area contributed by atoms with Gasteiger partial charge in [-0.1, -0.05) is 6.92 Å². The second kappa shape index (κ2) is 7.32. The number of hydrogen-bond donors (Lipinski definition) is 1. The van der Waals surface area contributed by atoms with Gasteiger partial charge in [-0.15, -0.1) is 11.3 Å². The number of benzene rings is 1. The van der Waals surface area contributed by atoms with Gasteiger partial charge in [0, 0.05) is 29.4 Å². The molecule has 2 heterocycles. The van der Waals surface area contributed by atoms with Crippen LogP contribution in [0.1, 0.15) is 55.5 Å². The summed E-state index contributed by atoms with van der Waals surface area (Å²) in [6.07, 6.45) is 1.95. The number of rotatable bonds is 6. The zero-order chi connectivity index (χ0) is 16.2. The molecule has 0 bridgehead atoms. The van der Waals surface area contributed by atoms with Gasteiger partial charge in [-0.05, 0) is 38.5 Å². The van der Waals surface area contributed by atoms with Crippen molar-refractivity contribution in [2.75, 3.05) is 13.2 Å². The van der Waals surface area contributed by atoms with E-state index in [1.807, 2.05) is 19.1 Å². The molecule has 0 spiro atoms. The Labute approximate surface area is 141 Å². The molecule has 5 heteroatoms. The lowest BCUT2D eigenvalue weighted by Crippen LogP contribution is -2.29. The van der Waals surface area contributed by atoms with Crippen LogP contribution in [0.4, 0.5) is 0 Å². The Morgan fingerprint density at radius 1 is 1.43 bits per heavy atom. The van der Waals surface area contributed by atoms with Crippen LogP contribution >= 0.6 is 11.3 Å². The minimum Gasteiger partial charge on any atom is -0.494 e. The molecular formula is C18H24N2O2S. The van der Waals surface area contributed by atoms with Crippen molar-refractivity contribution in [2.24, 2.45) is 0 Å². The van der Waals surface area contributed by atoms with Gasteiger partial charge < -0.3 is 14.8 Å². The molecule has 2 aromatic rings. The molecule has 0 radical (unpaired) electrons. The molecule has 1 aromatic heterocycles. The monoisotopic (exact) mass is 332 g/mol. The highest BCUT2D eigenvalue weighted by molar-refractivity contribution is 7.09. The maximum absolute atomic E-state index is 5.79. The Morgan fingerprint density at radius 2 is 2.30 bits per heavy atom. The molecule has 0 amide bonds. The SMILES string of the molecule is CCOc1ccc2c(c1)[C@@H](N[C@H](C)c1csc(CC)n1)CCO2. The van der Waals surface area contributed by atoms with Gasteiger partial charge in [-0.25, -0.2) is 4.98 Å². The smallest absolute Gasteiger partial charge is 0.124 e. The van der Waals surface area contributed by atoms with Gasteiger partial charge in [0.25, 0.3) is 0 Å².